The van der Waals surface area contributed by atoms with Crippen molar-refractivity contribution in [2.45, 2.75) is 20.5 Å². The molecule has 0 atom stereocenters. The molecule has 1 N–H and O–H groups in total. The number of para-hydroxylation sites is 1. The lowest BCUT2D eigenvalue weighted by Gasteiger charge is -2.05. The van der Waals surface area contributed by atoms with Crippen LogP contribution in [0.3, 0.4) is 0 Å². The van der Waals surface area contributed by atoms with Crippen molar-refractivity contribution in [1.29, 1.82) is 0 Å². The van der Waals surface area contributed by atoms with Crippen LogP contribution in [0.4, 0.5) is 0 Å². The Bertz CT molecular complexity index is 552. The molecule has 4 nitrogen and oxygen atoms in total. The van der Waals surface area contributed by atoms with Crippen LogP contribution in [-0.2, 0) is 6.61 Å². The van der Waals surface area contributed by atoms with Gasteiger partial charge in [0, 0.05) is 11.9 Å². The van der Waals surface area contributed by atoms with Crippen LogP contribution >= 0.6 is 11.3 Å². The first-order valence-corrected chi connectivity index (χ1v) is 7.43. The summed E-state index contributed by atoms with van der Waals surface area (Å²) in [6.07, 6.45) is 0. The van der Waals surface area contributed by atoms with Crippen LogP contribution in [0.25, 0.3) is 0 Å². The van der Waals surface area contributed by atoms with Gasteiger partial charge in [0.15, 0.2) is 0 Å². The fraction of sp³-hybridized carbons (Fsp3) is 0.333. The first-order valence-electron chi connectivity index (χ1n) is 6.55. The van der Waals surface area contributed by atoms with Crippen molar-refractivity contribution in [3.63, 3.8) is 0 Å². The van der Waals surface area contributed by atoms with E-state index in [0.29, 0.717) is 24.8 Å². The number of thiazole rings is 1. The van der Waals surface area contributed by atoms with Crippen molar-refractivity contribution >= 4 is 17.2 Å². The van der Waals surface area contributed by atoms with Gasteiger partial charge in [-0.3, -0.25) is 4.79 Å². The Kier molecular flexibility index (Phi) is 5.12. The highest BCUT2D eigenvalue weighted by Crippen LogP contribution is 2.15. The standard InChI is InChI=1S/C15H18N2O2S/c1-11(2)8-16-15(18)13-10-20-14(17-13)9-19-12-6-4-3-5-7-12/h3-7,10-11H,8-9H2,1-2H3,(H,16,18). The Hall–Kier alpha value is -1.88. The summed E-state index contributed by atoms with van der Waals surface area (Å²) in [7, 11) is 0. The van der Waals surface area contributed by atoms with Crippen LogP contribution in [0.15, 0.2) is 35.7 Å². The van der Waals surface area contributed by atoms with E-state index in [1.165, 1.54) is 11.3 Å². The first-order chi connectivity index (χ1) is 9.65. The van der Waals surface area contributed by atoms with E-state index in [1.54, 1.807) is 5.38 Å². The van der Waals surface area contributed by atoms with Crippen LogP contribution < -0.4 is 10.1 Å². The summed E-state index contributed by atoms with van der Waals surface area (Å²) in [5.41, 5.74) is 0.460. The number of aromatic nitrogens is 1. The minimum Gasteiger partial charge on any atom is -0.486 e. The molecule has 1 heterocycles. The first kappa shape index (κ1) is 14.5. The van der Waals surface area contributed by atoms with Gasteiger partial charge in [0.25, 0.3) is 5.91 Å². The SMILES string of the molecule is CC(C)CNC(=O)c1csc(COc2ccccc2)n1. The second kappa shape index (κ2) is 7.05. The number of nitrogens with one attached hydrogen (secondary N) is 1. The van der Waals surface area contributed by atoms with Gasteiger partial charge in [0.05, 0.1) is 0 Å². The molecule has 0 spiro atoms. The molecule has 0 radical (unpaired) electrons. The van der Waals surface area contributed by atoms with E-state index < -0.39 is 0 Å². The normalized spacial score (nSPS) is 10.6. The molecule has 0 aliphatic rings. The molecule has 1 aromatic heterocycles. The molecule has 0 fully saturated rings. The number of amides is 1. The fourth-order valence-corrected chi connectivity index (χ4v) is 2.22. The van der Waals surface area contributed by atoms with Gasteiger partial charge in [-0.15, -0.1) is 11.3 Å². The number of hydrogen-bond donors (Lipinski definition) is 1. The van der Waals surface area contributed by atoms with E-state index in [9.17, 15) is 4.79 Å². The van der Waals surface area contributed by atoms with E-state index in [2.05, 4.69) is 24.1 Å². The summed E-state index contributed by atoms with van der Waals surface area (Å²) in [4.78, 5) is 16.1. The molecule has 106 valence electrons. The zero-order valence-corrected chi connectivity index (χ0v) is 12.4. The average molecular weight is 290 g/mol. The van der Waals surface area contributed by atoms with Crippen LogP contribution in [0.5, 0.6) is 5.75 Å². The Morgan fingerprint density at radius 2 is 2.10 bits per heavy atom. The quantitative estimate of drug-likeness (QED) is 0.889. The highest BCUT2D eigenvalue weighted by molar-refractivity contribution is 7.09. The summed E-state index contributed by atoms with van der Waals surface area (Å²) in [5.74, 6) is 1.10. The van der Waals surface area contributed by atoms with Gasteiger partial charge >= 0.3 is 0 Å². The summed E-state index contributed by atoms with van der Waals surface area (Å²) in [5, 5.41) is 5.41. The van der Waals surface area contributed by atoms with E-state index in [0.717, 1.165) is 10.8 Å². The summed E-state index contributed by atoms with van der Waals surface area (Å²) in [6.45, 7) is 5.15. The van der Waals surface area contributed by atoms with Crippen molar-refractivity contribution in [3.8, 4) is 5.75 Å². The van der Waals surface area contributed by atoms with Gasteiger partial charge in [-0.2, -0.15) is 0 Å². The molecule has 1 amide bonds. The number of carbonyl (C=O) groups excluding carboxylic acids is 1. The number of benzene rings is 1. The molecular formula is C15H18N2O2S. The van der Waals surface area contributed by atoms with Gasteiger partial charge in [-0.05, 0) is 18.1 Å². The second-order valence-electron chi connectivity index (χ2n) is 4.83. The number of carbonyl (C=O) groups is 1. The highest BCUT2D eigenvalue weighted by Gasteiger charge is 2.11. The number of hydrogen-bond acceptors (Lipinski definition) is 4. The van der Waals surface area contributed by atoms with Crippen molar-refractivity contribution in [1.82, 2.24) is 10.3 Å². The van der Waals surface area contributed by atoms with E-state index >= 15 is 0 Å². The van der Waals surface area contributed by atoms with Crippen molar-refractivity contribution in [2.75, 3.05) is 6.54 Å². The Morgan fingerprint density at radius 3 is 2.80 bits per heavy atom. The third-order valence-electron chi connectivity index (χ3n) is 2.56. The van der Waals surface area contributed by atoms with Crippen LogP contribution in [0.1, 0.15) is 29.3 Å². The molecule has 0 unspecified atom stereocenters. The van der Waals surface area contributed by atoms with Crippen molar-refractivity contribution in [2.24, 2.45) is 5.92 Å². The highest BCUT2D eigenvalue weighted by atomic mass is 32.1. The minimum atomic E-state index is -0.124. The van der Waals surface area contributed by atoms with Crippen molar-refractivity contribution < 1.29 is 9.53 Å². The van der Waals surface area contributed by atoms with E-state index in [-0.39, 0.29) is 5.91 Å². The van der Waals surface area contributed by atoms with Crippen LogP contribution in [0, 0.1) is 5.92 Å². The minimum absolute atomic E-state index is 0.124. The maximum absolute atomic E-state index is 11.8. The molecule has 5 heteroatoms. The molecule has 20 heavy (non-hydrogen) atoms. The lowest BCUT2D eigenvalue weighted by molar-refractivity contribution is 0.0944. The predicted molar refractivity (Wildman–Crippen MR) is 80.1 cm³/mol. The fourth-order valence-electron chi connectivity index (χ4n) is 1.53. The third-order valence-corrected chi connectivity index (χ3v) is 3.38. The zero-order chi connectivity index (χ0) is 14.4. The lowest BCUT2D eigenvalue weighted by Crippen LogP contribution is -2.27. The van der Waals surface area contributed by atoms with E-state index in [1.807, 2.05) is 30.3 Å². The second-order valence-corrected chi connectivity index (χ2v) is 5.77. The molecule has 0 aliphatic carbocycles. The molecule has 0 saturated carbocycles. The topological polar surface area (TPSA) is 51.2 Å². The summed E-state index contributed by atoms with van der Waals surface area (Å²) < 4.78 is 5.60. The predicted octanol–water partition coefficient (Wildman–Crippen LogP) is 3.11. The number of ether oxygens (including phenoxy) is 1. The molecule has 0 aliphatic heterocycles. The van der Waals surface area contributed by atoms with Crippen LogP contribution in [0.2, 0.25) is 0 Å². The smallest absolute Gasteiger partial charge is 0.270 e. The summed E-state index contributed by atoms with van der Waals surface area (Å²) >= 11 is 1.43. The number of rotatable bonds is 6. The Morgan fingerprint density at radius 1 is 1.35 bits per heavy atom. The van der Waals surface area contributed by atoms with Crippen LogP contribution in [-0.4, -0.2) is 17.4 Å². The molecule has 0 bridgehead atoms. The average Bonchev–Trinajstić information content (AvgIpc) is 2.92. The largest absolute Gasteiger partial charge is 0.486 e. The van der Waals surface area contributed by atoms with Gasteiger partial charge in [-0.25, -0.2) is 4.98 Å². The molecule has 0 saturated heterocycles. The van der Waals surface area contributed by atoms with Gasteiger partial charge in [0.2, 0.25) is 0 Å². The van der Waals surface area contributed by atoms with E-state index in [4.69, 9.17) is 4.74 Å². The molecule has 2 aromatic rings. The monoisotopic (exact) mass is 290 g/mol. The molecular weight excluding hydrogens is 272 g/mol. The maximum Gasteiger partial charge on any atom is 0.270 e. The van der Waals surface area contributed by atoms with Gasteiger partial charge < -0.3 is 10.1 Å². The Balaban J connectivity index is 1.87. The van der Waals surface area contributed by atoms with Crippen molar-refractivity contribution in [3.05, 3.63) is 46.4 Å². The lowest BCUT2D eigenvalue weighted by atomic mass is 10.2. The maximum atomic E-state index is 11.8. The van der Waals surface area contributed by atoms with Gasteiger partial charge in [0.1, 0.15) is 23.1 Å². The van der Waals surface area contributed by atoms with Gasteiger partial charge in [-0.1, -0.05) is 32.0 Å². The molecule has 2 rings (SSSR count). The Labute approximate surface area is 122 Å². The zero-order valence-electron chi connectivity index (χ0n) is 11.6. The number of nitrogens with zero attached hydrogens (tertiary/aromatic N) is 1. The third kappa shape index (κ3) is 4.35. The molecule has 1 aromatic carbocycles. The summed E-state index contributed by atoms with van der Waals surface area (Å²) in [6, 6.07) is 9.56.